The number of aromatic nitrogens is 1. The number of nitrogens with zero attached hydrogens (tertiary/aromatic N) is 3. The van der Waals surface area contributed by atoms with Gasteiger partial charge in [-0.1, -0.05) is 36.4 Å². The molecule has 1 aromatic heterocycles. The summed E-state index contributed by atoms with van der Waals surface area (Å²) >= 11 is 0. The van der Waals surface area contributed by atoms with Crippen molar-refractivity contribution in [3.8, 4) is 0 Å². The highest BCUT2D eigenvalue weighted by molar-refractivity contribution is 6.39. The maximum Gasteiger partial charge on any atom is 0.313 e. The van der Waals surface area contributed by atoms with Gasteiger partial charge in [0.15, 0.2) is 0 Å². The van der Waals surface area contributed by atoms with Gasteiger partial charge in [0.2, 0.25) is 0 Å². The molecule has 1 saturated heterocycles. The third kappa shape index (κ3) is 5.72. The van der Waals surface area contributed by atoms with Crippen molar-refractivity contribution in [1.29, 1.82) is 0 Å². The van der Waals surface area contributed by atoms with E-state index >= 15 is 0 Å². The predicted octanol–water partition coefficient (Wildman–Crippen LogP) is 2.84. The van der Waals surface area contributed by atoms with Gasteiger partial charge in [-0.3, -0.25) is 19.5 Å². The van der Waals surface area contributed by atoms with Crippen LogP contribution in [0.2, 0.25) is 0 Å². The van der Waals surface area contributed by atoms with Crippen LogP contribution in [0.15, 0.2) is 79.1 Å². The molecule has 170 valence electrons. The third-order valence-electron chi connectivity index (χ3n) is 5.73. The predicted molar refractivity (Wildman–Crippen MR) is 125 cm³/mol. The van der Waals surface area contributed by atoms with E-state index in [0.29, 0.717) is 0 Å². The smallest absolute Gasteiger partial charge is 0.313 e. The summed E-state index contributed by atoms with van der Waals surface area (Å²) in [4.78, 5) is 33.5. The van der Waals surface area contributed by atoms with Crippen LogP contribution in [0.4, 0.5) is 15.8 Å². The van der Waals surface area contributed by atoms with Gasteiger partial charge >= 0.3 is 11.8 Å². The van der Waals surface area contributed by atoms with E-state index in [2.05, 4.69) is 37.6 Å². The number of para-hydroxylation sites is 2. The summed E-state index contributed by atoms with van der Waals surface area (Å²) in [6.07, 6.45) is 3.48. The molecule has 33 heavy (non-hydrogen) atoms. The maximum atomic E-state index is 13.8. The molecule has 4 rings (SSSR count). The Balaban J connectivity index is 1.39. The zero-order valence-electron chi connectivity index (χ0n) is 18.2. The number of anilines is 2. The summed E-state index contributed by atoms with van der Waals surface area (Å²) in [5.41, 5.74) is 2.12. The Bertz CT molecular complexity index is 1070. The molecule has 8 heteroatoms. The first-order chi connectivity index (χ1) is 16.1. The van der Waals surface area contributed by atoms with Gasteiger partial charge in [0, 0.05) is 50.8 Å². The highest BCUT2D eigenvalue weighted by Gasteiger charge is 2.27. The lowest BCUT2D eigenvalue weighted by Gasteiger charge is -2.40. The molecule has 2 heterocycles. The average molecular weight is 448 g/mol. The zero-order chi connectivity index (χ0) is 23.0. The third-order valence-corrected chi connectivity index (χ3v) is 5.73. The standard InChI is InChI=1S/C25H26FN5O2/c26-21-10-4-5-11-22(21)29-25(33)24(32)28-18-23(19-7-6-12-27-17-19)31-15-13-30(14-16-31)20-8-2-1-3-9-20/h1-12,17,23H,13-16,18H2,(H,28,32)(H,29,33)/t23-/m1/s1. The van der Waals surface area contributed by atoms with Gasteiger partial charge in [0.25, 0.3) is 0 Å². The van der Waals surface area contributed by atoms with Gasteiger partial charge in [-0.25, -0.2) is 4.39 Å². The van der Waals surface area contributed by atoms with E-state index in [9.17, 15) is 14.0 Å². The number of hydrogen-bond acceptors (Lipinski definition) is 5. The number of pyridine rings is 1. The molecular formula is C25H26FN5O2. The molecule has 3 aromatic rings. The number of piperazine rings is 1. The number of carbonyl (C=O) groups is 2. The normalized spacial score (nSPS) is 15.0. The summed E-state index contributed by atoms with van der Waals surface area (Å²) in [6.45, 7) is 3.53. The lowest BCUT2D eigenvalue weighted by molar-refractivity contribution is -0.136. The van der Waals surface area contributed by atoms with Crippen LogP contribution in [0, 0.1) is 5.82 Å². The van der Waals surface area contributed by atoms with Crippen molar-refractivity contribution >= 4 is 23.2 Å². The Morgan fingerprint density at radius 3 is 2.33 bits per heavy atom. The van der Waals surface area contributed by atoms with Crippen molar-refractivity contribution in [3.63, 3.8) is 0 Å². The molecule has 2 N–H and O–H groups in total. The molecule has 2 amide bonds. The minimum atomic E-state index is -0.904. The second kappa shape index (κ2) is 10.7. The molecule has 1 fully saturated rings. The van der Waals surface area contributed by atoms with Crippen LogP contribution < -0.4 is 15.5 Å². The van der Waals surface area contributed by atoms with Crippen molar-refractivity contribution in [2.45, 2.75) is 6.04 Å². The van der Waals surface area contributed by atoms with Crippen molar-refractivity contribution in [1.82, 2.24) is 15.2 Å². The topological polar surface area (TPSA) is 77.6 Å². The average Bonchev–Trinajstić information content (AvgIpc) is 2.87. The number of amides is 2. The van der Waals surface area contributed by atoms with E-state index < -0.39 is 17.6 Å². The SMILES string of the molecule is O=C(NC[C@H](c1cccnc1)N1CCN(c2ccccc2)CC1)C(=O)Nc1ccccc1F. The van der Waals surface area contributed by atoms with Crippen LogP contribution in [0.5, 0.6) is 0 Å². The van der Waals surface area contributed by atoms with Gasteiger partial charge in [-0.15, -0.1) is 0 Å². The lowest BCUT2D eigenvalue weighted by atomic mass is 10.1. The Labute approximate surface area is 192 Å². The monoisotopic (exact) mass is 447 g/mol. The first-order valence-electron chi connectivity index (χ1n) is 10.9. The number of benzene rings is 2. The van der Waals surface area contributed by atoms with Crippen molar-refractivity contribution < 1.29 is 14.0 Å². The van der Waals surface area contributed by atoms with Crippen LogP contribution in [0.25, 0.3) is 0 Å². The molecule has 1 atom stereocenters. The van der Waals surface area contributed by atoms with Crippen LogP contribution in [-0.2, 0) is 9.59 Å². The largest absolute Gasteiger partial charge is 0.369 e. The van der Waals surface area contributed by atoms with Crippen LogP contribution in [0.1, 0.15) is 11.6 Å². The van der Waals surface area contributed by atoms with Crippen LogP contribution in [0.3, 0.4) is 0 Å². The van der Waals surface area contributed by atoms with Crippen LogP contribution in [-0.4, -0.2) is 54.4 Å². The molecule has 0 spiro atoms. The number of nitrogens with one attached hydrogen (secondary N) is 2. The second-order valence-electron chi connectivity index (χ2n) is 7.80. The number of carbonyl (C=O) groups excluding carboxylic acids is 2. The molecule has 0 unspecified atom stereocenters. The van der Waals surface area contributed by atoms with E-state index in [1.807, 2.05) is 30.3 Å². The molecule has 0 aliphatic carbocycles. The molecule has 0 bridgehead atoms. The van der Waals surface area contributed by atoms with Gasteiger partial charge < -0.3 is 15.5 Å². The first-order valence-corrected chi connectivity index (χ1v) is 10.9. The van der Waals surface area contributed by atoms with Crippen molar-refractivity contribution in [3.05, 3.63) is 90.5 Å². The van der Waals surface area contributed by atoms with Crippen molar-refractivity contribution in [2.24, 2.45) is 0 Å². The summed E-state index contributed by atoms with van der Waals surface area (Å²) < 4.78 is 13.8. The zero-order valence-corrected chi connectivity index (χ0v) is 18.2. The summed E-state index contributed by atoms with van der Waals surface area (Å²) in [5, 5.41) is 5.02. The Hall–Kier alpha value is -3.78. The van der Waals surface area contributed by atoms with E-state index in [4.69, 9.17) is 0 Å². The number of halogens is 1. The number of hydrogen-bond donors (Lipinski definition) is 2. The van der Waals surface area contributed by atoms with Gasteiger partial charge in [-0.2, -0.15) is 0 Å². The Morgan fingerprint density at radius 1 is 0.909 bits per heavy atom. The molecule has 1 aliphatic rings. The lowest BCUT2D eigenvalue weighted by Crippen LogP contribution is -2.50. The summed E-state index contributed by atoms with van der Waals surface area (Å²) in [5.74, 6) is -2.31. The van der Waals surface area contributed by atoms with Gasteiger partial charge in [0.05, 0.1) is 11.7 Å². The fraction of sp³-hybridized carbons (Fsp3) is 0.240. The fourth-order valence-electron chi connectivity index (χ4n) is 3.97. The minimum Gasteiger partial charge on any atom is -0.369 e. The van der Waals surface area contributed by atoms with Gasteiger partial charge in [-0.05, 0) is 35.9 Å². The molecule has 7 nitrogen and oxygen atoms in total. The Kier molecular flexibility index (Phi) is 7.26. The van der Waals surface area contributed by atoms with E-state index in [1.54, 1.807) is 18.5 Å². The second-order valence-corrected chi connectivity index (χ2v) is 7.80. The molecule has 0 radical (unpaired) electrons. The molecule has 0 saturated carbocycles. The molecular weight excluding hydrogens is 421 g/mol. The van der Waals surface area contributed by atoms with Crippen molar-refractivity contribution in [2.75, 3.05) is 42.9 Å². The summed E-state index contributed by atoms with van der Waals surface area (Å²) in [6, 6.07) is 19.7. The van der Waals surface area contributed by atoms with E-state index in [0.717, 1.165) is 31.7 Å². The van der Waals surface area contributed by atoms with E-state index in [1.165, 1.54) is 23.9 Å². The molecule has 1 aliphatic heterocycles. The highest BCUT2D eigenvalue weighted by Crippen LogP contribution is 2.23. The quantitative estimate of drug-likeness (QED) is 0.569. The maximum absolute atomic E-state index is 13.8. The van der Waals surface area contributed by atoms with E-state index in [-0.39, 0.29) is 18.3 Å². The highest BCUT2D eigenvalue weighted by atomic mass is 19.1. The minimum absolute atomic E-state index is 0.0292. The summed E-state index contributed by atoms with van der Waals surface area (Å²) in [7, 11) is 0. The molecule has 2 aromatic carbocycles. The first kappa shape index (κ1) is 22.4. The fourth-order valence-corrected chi connectivity index (χ4v) is 3.97. The Morgan fingerprint density at radius 2 is 1.64 bits per heavy atom. The van der Waals surface area contributed by atoms with Gasteiger partial charge in [0.1, 0.15) is 5.82 Å². The number of rotatable bonds is 6. The van der Waals surface area contributed by atoms with Crippen LogP contribution >= 0.6 is 0 Å².